The molecule has 25 heavy (non-hydrogen) atoms. The standard InChI is InChI=1S/C19H15BrN2O3/c20-15-8-9-18(25-13-14-5-2-1-3-6-14)17(11-15)19(23)22-21-12-16-7-4-10-24-16/h1-12H,13H2,(H,22,23)/b21-12+. The van der Waals surface area contributed by atoms with Gasteiger partial charge in [-0.1, -0.05) is 46.3 Å². The molecule has 0 fully saturated rings. The molecule has 1 heterocycles. The summed E-state index contributed by atoms with van der Waals surface area (Å²) >= 11 is 3.37. The number of amides is 1. The maximum atomic E-state index is 12.4. The molecule has 0 saturated carbocycles. The molecule has 0 aliphatic heterocycles. The van der Waals surface area contributed by atoms with Crippen LogP contribution in [0.1, 0.15) is 21.7 Å². The highest BCUT2D eigenvalue weighted by Gasteiger charge is 2.13. The SMILES string of the molecule is O=C(N/N=C/c1ccco1)c1cc(Br)ccc1OCc1ccccc1. The highest BCUT2D eigenvalue weighted by atomic mass is 79.9. The fourth-order valence-electron chi connectivity index (χ4n) is 2.12. The van der Waals surface area contributed by atoms with Crippen LogP contribution in [-0.2, 0) is 6.61 Å². The number of halogens is 1. The van der Waals surface area contributed by atoms with Gasteiger partial charge in [0.1, 0.15) is 18.1 Å². The Morgan fingerprint density at radius 1 is 1.16 bits per heavy atom. The Morgan fingerprint density at radius 3 is 2.76 bits per heavy atom. The molecule has 126 valence electrons. The number of rotatable bonds is 6. The maximum absolute atomic E-state index is 12.4. The van der Waals surface area contributed by atoms with Crippen LogP contribution in [0.25, 0.3) is 0 Å². The van der Waals surface area contributed by atoms with Crippen molar-refractivity contribution in [2.24, 2.45) is 5.10 Å². The van der Waals surface area contributed by atoms with Crippen molar-refractivity contribution >= 4 is 28.1 Å². The summed E-state index contributed by atoms with van der Waals surface area (Å²) in [7, 11) is 0. The number of hydrogen-bond acceptors (Lipinski definition) is 4. The van der Waals surface area contributed by atoms with Gasteiger partial charge in [-0.25, -0.2) is 5.43 Å². The third kappa shape index (κ3) is 4.81. The van der Waals surface area contributed by atoms with Crippen molar-refractivity contribution in [3.8, 4) is 5.75 Å². The number of carbonyl (C=O) groups is 1. The zero-order chi connectivity index (χ0) is 17.5. The molecule has 6 heteroatoms. The molecule has 2 aromatic carbocycles. The highest BCUT2D eigenvalue weighted by Crippen LogP contribution is 2.24. The number of carbonyl (C=O) groups excluding carboxylic acids is 1. The van der Waals surface area contributed by atoms with E-state index in [1.165, 1.54) is 12.5 Å². The van der Waals surface area contributed by atoms with Crippen molar-refractivity contribution in [3.63, 3.8) is 0 Å². The van der Waals surface area contributed by atoms with Crippen molar-refractivity contribution in [2.45, 2.75) is 6.61 Å². The van der Waals surface area contributed by atoms with Crippen LogP contribution in [-0.4, -0.2) is 12.1 Å². The highest BCUT2D eigenvalue weighted by molar-refractivity contribution is 9.10. The van der Waals surface area contributed by atoms with Crippen LogP contribution >= 0.6 is 15.9 Å². The lowest BCUT2D eigenvalue weighted by Crippen LogP contribution is -2.18. The normalized spacial score (nSPS) is 10.8. The van der Waals surface area contributed by atoms with E-state index in [0.717, 1.165) is 10.0 Å². The fraction of sp³-hybridized carbons (Fsp3) is 0.0526. The van der Waals surface area contributed by atoms with Gasteiger partial charge in [0.15, 0.2) is 0 Å². The number of nitrogens with zero attached hydrogens (tertiary/aromatic N) is 1. The molecular weight excluding hydrogens is 384 g/mol. The second-order valence-corrected chi connectivity index (χ2v) is 6.04. The lowest BCUT2D eigenvalue weighted by atomic mass is 10.2. The first kappa shape index (κ1) is 17.0. The van der Waals surface area contributed by atoms with Gasteiger partial charge in [-0.05, 0) is 35.9 Å². The Labute approximate surface area is 153 Å². The van der Waals surface area contributed by atoms with Gasteiger partial charge in [0.25, 0.3) is 5.91 Å². The van der Waals surface area contributed by atoms with Crippen molar-refractivity contribution in [1.82, 2.24) is 5.43 Å². The molecule has 0 aliphatic carbocycles. The smallest absolute Gasteiger partial charge is 0.275 e. The van der Waals surface area contributed by atoms with Crippen LogP contribution in [0.2, 0.25) is 0 Å². The van der Waals surface area contributed by atoms with Crippen molar-refractivity contribution in [1.29, 1.82) is 0 Å². The van der Waals surface area contributed by atoms with E-state index in [9.17, 15) is 4.79 Å². The summed E-state index contributed by atoms with van der Waals surface area (Å²) in [5, 5.41) is 3.89. The van der Waals surface area contributed by atoms with Crippen LogP contribution in [0.4, 0.5) is 0 Å². The van der Waals surface area contributed by atoms with Crippen molar-refractivity contribution < 1.29 is 13.9 Å². The van der Waals surface area contributed by atoms with Gasteiger partial charge >= 0.3 is 0 Å². The summed E-state index contributed by atoms with van der Waals surface area (Å²) in [6.07, 6.45) is 2.97. The summed E-state index contributed by atoms with van der Waals surface area (Å²) in [6.45, 7) is 0.373. The minimum Gasteiger partial charge on any atom is -0.488 e. The zero-order valence-corrected chi connectivity index (χ0v) is 14.8. The van der Waals surface area contributed by atoms with Crippen LogP contribution < -0.4 is 10.2 Å². The molecule has 1 N–H and O–H groups in total. The second kappa shape index (κ2) is 8.30. The van der Waals surface area contributed by atoms with Gasteiger partial charge in [-0.2, -0.15) is 5.10 Å². The van der Waals surface area contributed by atoms with Gasteiger partial charge in [0, 0.05) is 4.47 Å². The quantitative estimate of drug-likeness (QED) is 0.494. The molecule has 3 aromatic rings. The van der Waals surface area contributed by atoms with Gasteiger partial charge in [-0.3, -0.25) is 4.79 Å². The molecule has 0 bridgehead atoms. The largest absolute Gasteiger partial charge is 0.488 e. The number of hydrogen-bond donors (Lipinski definition) is 1. The molecule has 0 spiro atoms. The molecular formula is C19H15BrN2O3. The zero-order valence-electron chi connectivity index (χ0n) is 13.2. The van der Waals surface area contributed by atoms with Crippen LogP contribution in [0.5, 0.6) is 5.75 Å². The Hall–Kier alpha value is -2.86. The fourth-order valence-corrected chi connectivity index (χ4v) is 2.48. The van der Waals surface area contributed by atoms with E-state index in [1.807, 2.05) is 36.4 Å². The monoisotopic (exact) mass is 398 g/mol. The minimum absolute atomic E-state index is 0.368. The van der Waals surface area contributed by atoms with E-state index in [-0.39, 0.29) is 5.91 Å². The number of hydrazone groups is 1. The predicted octanol–water partition coefficient (Wildman–Crippen LogP) is 4.39. The van der Waals surface area contributed by atoms with E-state index < -0.39 is 0 Å². The summed E-state index contributed by atoms with van der Waals surface area (Å²) in [4.78, 5) is 12.4. The van der Waals surface area contributed by atoms with Crippen LogP contribution in [0.3, 0.4) is 0 Å². The van der Waals surface area contributed by atoms with Gasteiger partial charge < -0.3 is 9.15 Å². The number of ether oxygens (including phenoxy) is 1. The molecule has 3 rings (SSSR count). The predicted molar refractivity (Wildman–Crippen MR) is 98.7 cm³/mol. The summed E-state index contributed by atoms with van der Waals surface area (Å²) in [6, 6.07) is 18.5. The average molecular weight is 399 g/mol. The third-order valence-electron chi connectivity index (χ3n) is 3.32. The van der Waals surface area contributed by atoms with E-state index in [0.29, 0.717) is 23.7 Å². The number of furan rings is 1. The van der Waals surface area contributed by atoms with Gasteiger partial charge in [-0.15, -0.1) is 0 Å². The molecule has 0 atom stereocenters. The van der Waals surface area contributed by atoms with E-state index >= 15 is 0 Å². The number of benzene rings is 2. The first-order valence-corrected chi connectivity index (χ1v) is 8.35. The minimum atomic E-state index is -0.368. The molecule has 0 saturated heterocycles. The Morgan fingerprint density at radius 2 is 2.00 bits per heavy atom. The molecule has 5 nitrogen and oxygen atoms in total. The molecule has 1 aromatic heterocycles. The van der Waals surface area contributed by atoms with E-state index in [1.54, 1.807) is 24.3 Å². The van der Waals surface area contributed by atoms with E-state index in [2.05, 4.69) is 26.5 Å². The second-order valence-electron chi connectivity index (χ2n) is 5.13. The molecule has 0 unspecified atom stereocenters. The number of nitrogens with one attached hydrogen (secondary N) is 1. The Balaban J connectivity index is 1.70. The van der Waals surface area contributed by atoms with Gasteiger partial charge in [0.05, 0.1) is 18.0 Å². The molecule has 0 aliphatic rings. The van der Waals surface area contributed by atoms with Crippen molar-refractivity contribution in [3.05, 3.63) is 88.3 Å². The third-order valence-corrected chi connectivity index (χ3v) is 3.82. The topological polar surface area (TPSA) is 63.8 Å². The lowest BCUT2D eigenvalue weighted by Gasteiger charge is -2.11. The first-order valence-electron chi connectivity index (χ1n) is 7.55. The summed E-state index contributed by atoms with van der Waals surface area (Å²) < 4.78 is 11.7. The summed E-state index contributed by atoms with van der Waals surface area (Å²) in [5.41, 5.74) is 3.88. The van der Waals surface area contributed by atoms with Crippen LogP contribution in [0, 0.1) is 0 Å². The average Bonchev–Trinajstić information content (AvgIpc) is 3.15. The summed E-state index contributed by atoms with van der Waals surface area (Å²) in [5.74, 6) is 0.667. The van der Waals surface area contributed by atoms with E-state index in [4.69, 9.17) is 9.15 Å². The first-order chi connectivity index (χ1) is 12.2. The molecule has 1 amide bonds. The van der Waals surface area contributed by atoms with Crippen molar-refractivity contribution in [2.75, 3.05) is 0 Å². The van der Waals surface area contributed by atoms with Gasteiger partial charge in [0.2, 0.25) is 0 Å². The lowest BCUT2D eigenvalue weighted by molar-refractivity contribution is 0.0950. The Bertz CT molecular complexity index is 862. The maximum Gasteiger partial charge on any atom is 0.275 e. The van der Waals surface area contributed by atoms with Crippen LogP contribution in [0.15, 0.2) is 80.9 Å². The Kier molecular flexibility index (Phi) is 5.64. The molecule has 0 radical (unpaired) electrons.